The number of hydrogen-bond acceptors (Lipinski definition) is 6. The summed E-state index contributed by atoms with van der Waals surface area (Å²) in [7, 11) is -0.493. The highest BCUT2D eigenvalue weighted by Crippen LogP contribution is 2.16. The zero-order valence-electron chi connectivity index (χ0n) is 15.5. The molecule has 28 heavy (non-hydrogen) atoms. The molecule has 0 radical (unpaired) electrons. The second-order valence-electron chi connectivity index (χ2n) is 6.16. The zero-order chi connectivity index (χ0) is 20.6. The number of aryl methyl sites for hydroxylation is 1. The summed E-state index contributed by atoms with van der Waals surface area (Å²) in [5, 5.41) is 2.83. The van der Waals surface area contributed by atoms with Gasteiger partial charge in [-0.25, -0.2) is 18.2 Å². The molecule has 0 saturated carbocycles. The van der Waals surface area contributed by atoms with Gasteiger partial charge in [0, 0.05) is 19.8 Å². The van der Waals surface area contributed by atoms with Gasteiger partial charge in [0.25, 0.3) is 11.5 Å². The van der Waals surface area contributed by atoms with E-state index < -0.39 is 27.0 Å². The van der Waals surface area contributed by atoms with Crippen LogP contribution in [0.5, 0.6) is 0 Å². The second-order valence-corrected chi connectivity index (χ2v) is 8.43. The third-order valence-electron chi connectivity index (χ3n) is 4.39. The van der Waals surface area contributed by atoms with E-state index in [0.29, 0.717) is 5.69 Å². The van der Waals surface area contributed by atoms with Crippen molar-refractivity contribution in [1.29, 1.82) is 0 Å². The maximum atomic E-state index is 12.5. The molecule has 0 fully saturated rings. The van der Waals surface area contributed by atoms with Crippen LogP contribution in [0.25, 0.3) is 11.0 Å². The molecule has 0 unspecified atom stereocenters. The molecular formula is C18H18N4O5S. The van der Waals surface area contributed by atoms with Gasteiger partial charge in [0.1, 0.15) is 11.3 Å². The third kappa shape index (κ3) is 3.33. The molecule has 1 aromatic carbocycles. The van der Waals surface area contributed by atoms with E-state index in [2.05, 4.69) is 10.3 Å². The largest absolute Gasteiger partial charge is 0.332 e. The summed E-state index contributed by atoms with van der Waals surface area (Å²) in [6, 6.07) is 8.61. The number of sulfone groups is 1. The zero-order valence-corrected chi connectivity index (χ0v) is 16.3. The van der Waals surface area contributed by atoms with Crippen LogP contribution in [0, 0.1) is 0 Å². The van der Waals surface area contributed by atoms with Gasteiger partial charge in [0.2, 0.25) is 0 Å². The first-order chi connectivity index (χ1) is 13.2. The minimum atomic E-state index is -3.33. The van der Waals surface area contributed by atoms with Crippen molar-refractivity contribution in [3.63, 3.8) is 0 Å². The van der Waals surface area contributed by atoms with Gasteiger partial charge in [-0.15, -0.1) is 0 Å². The van der Waals surface area contributed by atoms with Crippen LogP contribution in [0.15, 0.2) is 50.9 Å². The molecule has 0 saturated heterocycles. The van der Waals surface area contributed by atoms with Crippen molar-refractivity contribution in [1.82, 2.24) is 14.1 Å². The molecule has 0 aliphatic heterocycles. The Hall–Kier alpha value is -3.27. The number of nitrogens with zero attached hydrogens (tertiary/aromatic N) is 3. The smallest absolute Gasteiger partial charge is 0.321 e. The summed E-state index contributed by atoms with van der Waals surface area (Å²) in [6.45, 7) is 1.55. The molecule has 3 aromatic rings. The van der Waals surface area contributed by atoms with Crippen LogP contribution >= 0.6 is 0 Å². The predicted molar refractivity (Wildman–Crippen MR) is 104 cm³/mol. The number of amides is 1. The van der Waals surface area contributed by atoms with Crippen molar-refractivity contribution in [2.24, 2.45) is 14.1 Å². The van der Waals surface area contributed by atoms with Gasteiger partial charge >= 0.3 is 5.69 Å². The summed E-state index contributed by atoms with van der Waals surface area (Å²) in [5.74, 6) is -0.570. The number of rotatable bonds is 4. The molecule has 0 aliphatic rings. The molecule has 3 rings (SSSR count). The van der Waals surface area contributed by atoms with Crippen LogP contribution < -0.4 is 16.6 Å². The van der Waals surface area contributed by atoms with Crippen LogP contribution in [-0.2, 0) is 23.9 Å². The lowest BCUT2D eigenvalue weighted by atomic mass is 10.2. The Labute approximate surface area is 160 Å². The van der Waals surface area contributed by atoms with Crippen molar-refractivity contribution >= 4 is 32.5 Å². The van der Waals surface area contributed by atoms with Crippen molar-refractivity contribution in [3.05, 3.63) is 62.9 Å². The number of carbonyl (C=O) groups excluding carboxylic acids is 1. The van der Waals surface area contributed by atoms with E-state index >= 15 is 0 Å². The number of anilines is 1. The van der Waals surface area contributed by atoms with Crippen LogP contribution in [0.1, 0.15) is 17.4 Å². The van der Waals surface area contributed by atoms with Crippen LogP contribution in [0.2, 0.25) is 0 Å². The maximum Gasteiger partial charge on any atom is 0.332 e. The molecule has 0 atom stereocenters. The lowest BCUT2D eigenvalue weighted by Gasteiger charge is -2.09. The lowest BCUT2D eigenvalue weighted by Crippen LogP contribution is -2.37. The van der Waals surface area contributed by atoms with E-state index in [-0.39, 0.29) is 27.4 Å². The quantitative estimate of drug-likeness (QED) is 0.685. The number of hydrogen-bond donors (Lipinski definition) is 1. The highest BCUT2D eigenvalue weighted by Gasteiger charge is 2.15. The normalized spacial score (nSPS) is 11.5. The number of carbonyl (C=O) groups is 1. The molecular weight excluding hydrogens is 384 g/mol. The lowest BCUT2D eigenvalue weighted by molar-refractivity contribution is 0.102. The van der Waals surface area contributed by atoms with Gasteiger partial charge in [-0.2, -0.15) is 0 Å². The Kier molecular flexibility index (Phi) is 4.90. The Morgan fingerprint density at radius 1 is 1.04 bits per heavy atom. The highest BCUT2D eigenvalue weighted by atomic mass is 32.2. The summed E-state index contributed by atoms with van der Waals surface area (Å²) in [5.41, 5.74) is -0.536. The van der Waals surface area contributed by atoms with E-state index in [1.807, 2.05) is 0 Å². The highest BCUT2D eigenvalue weighted by molar-refractivity contribution is 7.91. The SMILES string of the molecule is CCS(=O)(=O)c1ccc(NC(=O)c2ccc3c(=O)n(C)c(=O)n(C)c3n2)cc1. The monoisotopic (exact) mass is 402 g/mol. The van der Waals surface area contributed by atoms with E-state index in [9.17, 15) is 22.8 Å². The van der Waals surface area contributed by atoms with E-state index in [1.54, 1.807) is 6.92 Å². The summed E-state index contributed by atoms with van der Waals surface area (Å²) < 4.78 is 25.8. The Balaban J connectivity index is 1.94. The first kappa shape index (κ1) is 19.5. The number of nitrogens with one attached hydrogen (secondary N) is 1. The standard InChI is InChI=1S/C18H18N4O5S/c1-4-28(26,27)12-7-5-11(6-8-12)19-16(23)14-10-9-13-15(20-14)21(2)18(25)22(3)17(13)24/h5-10H,4H2,1-3H3,(H,19,23). The number of aromatic nitrogens is 3. The second kappa shape index (κ2) is 7.04. The molecule has 146 valence electrons. The van der Waals surface area contributed by atoms with E-state index in [1.165, 1.54) is 55.1 Å². The Morgan fingerprint density at radius 2 is 1.68 bits per heavy atom. The number of fused-ring (bicyclic) bond motifs is 1. The van der Waals surface area contributed by atoms with E-state index in [4.69, 9.17) is 0 Å². The van der Waals surface area contributed by atoms with Gasteiger partial charge in [-0.05, 0) is 36.4 Å². The first-order valence-corrected chi connectivity index (χ1v) is 10.0. The fraction of sp³-hybridized carbons (Fsp3) is 0.222. The van der Waals surface area contributed by atoms with Gasteiger partial charge < -0.3 is 5.32 Å². The fourth-order valence-corrected chi connectivity index (χ4v) is 3.57. The molecule has 2 aromatic heterocycles. The topological polar surface area (TPSA) is 120 Å². The molecule has 1 amide bonds. The average molecular weight is 402 g/mol. The van der Waals surface area contributed by atoms with Crippen LogP contribution in [0.4, 0.5) is 5.69 Å². The minimum Gasteiger partial charge on any atom is -0.321 e. The van der Waals surface area contributed by atoms with Crippen molar-refractivity contribution < 1.29 is 13.2 Å². The van der Waals surface area contributed by atoms with Crippen molar-refractivity contribution in [2.45, 2.75) is 11.8 Å². The van der Waals surface area contributed by atoms with Crippen molar-refractivity contribution in [2.75, 3.05) is 11.1 Å². The van der Waals surface area contributed by atoms with Gasteiger partial charge in [0.15, 0.2) is 9.84 Å². The van der Waals surface area contributed by atoms with E-state index in [0.717, 1.165) is 4.57 Å². The predicted octanol–water partition coefficient (Wildman–Crippen LogP) is 0.678. The Morgan fingerprint density at radius 3 is 2.29 bits per heavy atom. The molecule has 9 nitrogen and oxygen atoms in total. The number of benzene rings is 1. The summed E-state index contributed by atoms with van der Waals surface area (Å²) in [6.07, 6.45) is 0. The fourth-order valence-electron chi connectivity index (χ4n) is 2.69. The number of pyridine rings is 1. The molecule has 0 spiro atoms. The Bertz CT molecular complexity index is 1300. The van der Waals surface area contributed by atoms with Gasteiger partial charge in [-0.1, -0.05) is 6.92 Å². The van der Waals surface area contributed by atoms with Crippen LogP contribution in [0.3, 0.4) is 0 Å². The molecule has 10 heteroatoms. The van der Waals surface area contributed by atoms with Crippen LogP contribution in [-0.4, -0.2) is 34.2 Å². The van der Waals surface area contributed by atoms with Crippen molar-refractivity contribution in [3.8, 4) is 0 Å². The van der Waals surface area contributed by atoms with Gasteiger partial charge in [0.05, 0.1) is 16.0 Å². The molecule has 0 bridgehead atoms. The van der Waals surface area contributed by atoms with Gasteiger partial charge in [-0.3, -0.25) is 18.7 Å². The average Bonchev–Trinajstić information content (AvgIpc) is 2.70. The summed E-state index contributed by atoms with van der Waals surface area (Å²) >= 11 is 0. The molecule has 2 heterocycles. The molecule has 1 N–H and O–H groups in total. The summed E-state index contributed by atoms with van der Waals surface area (Å²) in [4.78, 5) is 41.0. The first-order valence-electron chi connectivity index (χ1n) is 8.36. The molecule has 0 aliphatic carbocycles. The maximum absolute atomic E-state index is 12.5. The minimum absolute atomic E-state index is 0.0148. The third-order valence-corrected chi connectivity index (χ3v) is 6.14.